The number of hydrogen-bond donors (Lipinski definition) is 2. The van der Waals surface area contributed by atoms with E-state index >= 15 is 0 Å². The summed E-state index contributed by atoms with van der Waals surface area (Å²) < 4.78 is 15.4. The van der Waals surface area contributed by atoms with Crippen LogP contribution in [0.2, 0.25) is 0 Å². The second kappa shape index (κ2) is 10.6. The van der Waals surface area contributed by atoms with Crippen LogP contribution < -0.4 is 15.4 Å². The minimum absolute atomic E-state index is 0.0367. The molecule has 0 saturated heterocycles. The number of esters is 1. The lowest BCUT2D eigenvalue weighted by atomic mass is 10.1. The first kappa shape index (κ1) is 22.4. The van der Waals surface area contributed by atoms with E-state index in [0.29, 0.717) is 22.8 Å². The minimum Gasteiger partial charge on any atom is -0.496 e. The normalized spacial score (nSPS) is 10.9. The number of methoxy groups -OCH3 is 1. The third-order valence-electron chi connectivity index (χ3n) is 4.33. The van der Waals surface area contributed by atoms with Crippen LogP contribution in [0.1, 0.15) is 33.4 Å². The highest BCUT2D eigenvalue weighted by molar-refractivity contribution is 6.11. The summed E-state index contributed by atoms with van der Waals surface area (Å²) in [5.41, 5.74) is 1.03. The van der Waals surface area contributed by atoms with Gasteiger partial charge in [0.25, 0.3) is 11.8 Å². The van der Waals surface area contributed by atoms with Crippen molar-refractivity contribution in [3.05, 3.63) is 89.5 Å². The fourth-order valence-electron chi connectivity index (χ4n) is 2.80. The number of amides is 2. The Morgan fingerprint density at radius 1 is 1.00 bits per heavy atom. The maximum atomic E-state index is 12.9. The fourth-order valence-corrected chi connectivity index (χ4v) is 2.80. The van der Waals surface area contributed by atoms with Gasteiger partial charge in [0.2, 0.25) is 0 Å². The Labute approximate surface area is 184 Å². The summed E-state index contributed by atoms with van der Waals surface area (Å²) in [6, 6.07) is 16.2. The van der Waals surface area contributed by atoms with E-state index in [1.54, 1.807) is 55.5 Å². The van der Waals surface area contributed by atoms with Gasteiger partial charge in [0.15, 0.2) is 0 Å². The van der Waals surface area contributed by atoms with Gasteiger partial charge in [-0.3, -0.25) is 9.59 Å². The molecule has 0 radical (unpaired) electrons. The number of rotatable bonds is 8. The van der Waals surface area contributed by atoms with E-state index in [2.05, 4.69) is 10.6 Å². The van der Waals surface area contributed by atoms with Gasteiger partial charge in [0.1, 0.15) is 17.2 Å². The molecule has 0 unspecified atom stereocenters. The highest BCUT2D eigenvalue weighted by atomic mass is 16.5. The van der Waals surface area contributed by atoms with Crippen molar-refractivity contribution in [1.82, 2.24) is 5.32 Å². The van der Waals surface area contributed by atoms with Crippen molar-refractivity contribution in [3.8, 4) is 5.75 Å². The summed E-state index contributed by atoms with van der Waals surface area (Å²) in [7, 11) is 1.46. The highest BCUT2D eigenvalue weighted by Crippen LogP contribution is 2.18. The van der Waals surface area contributed by atoms with Gasteiger partial charge in [-0.15, -0.1) is 0 Å². The van der Waals surface area contributed by atoms with E-state index < -0.39 is 17.8 Å². The molecule has 3 rings (SSSR count). The maximum Gasteiger partial charge on any atom is 0.338 e. The Bertz CT molecular complexity index is 1120. The zero-order valence-electron chi connectivity index (χ0n) is 17.6. The number of anilines is 1. The van der Waals surface area contributed by atoms with Crippen molar-refractivity contribution in [1.29, 1.82) is 0 Å². The number of para-hydroxylation sites is 1. The number of benzene rings is 2. The average molecular weight is 434 g/mol. The average Bonchev–Trinajstić information content (AvgIpc) is 3.32. The van der Waals surface area contributed by atoms with Crippen LogP contribution in [0, 0.1) is 0 Å². The minimum atomic E-state index is -0.575. The Kier molecular flexibility index (Phi) is 7.42. The summed E-state index contributed by atoms with van der Waals surface area (Å²) in [6.07, 6.45) is 2.87. The van der Waals surface area contributed by atoms with Gasteiger partial charge in [-0.2, -0.15) is 0 Å². The number of carbonyl (C=O) groups is 3. The molecule has 2 amide bonds. The van der Waals surface area contributed by atoms with E-state index in [1.165, 1.54) is 31.6 Å². The van der Waals surface area contributed by atoms with E-state index in [0.717, 1.165) is 0 Å². The summed E-state index contributed by atoms with van der Waals surface area (Å²) in [5.74, 6) is -0.792. The molecule has 8 nitrogen and oxygen atoms in total. The van der Waals surface area contributed by atoms with E-state index in [9.17, 15) is 14.4 Å². The molecule has 1 aromatic heterocycles. The van der Waals surface area contributed by atoms with Gasteiger partial charge >= 0.3 is 5.97 Å². The Balaban J connectivity index is 1.80. The van der Waals surface area contributed by atoms with Crippen LogP contribution in [0.5, 0.6) is 5.75 Å². The molecule has 0 aliphatic carbocycles. The van der Waals surface area contributed by atoms with Crippen LogP contribution in [-0.2, 0) is 9.53 Å². The van der Waals surface area contributed by atoms with Crippen molar-refractivity contribution in [3.63, 3.8) is 0 Å². The molecule has 0 spiro atoms. The van der Waals surface area contributed by atoms with Crippen LogP contribution >= 0.6 is 0 Å². The summed E-state index contributed by atoms with van der Waals surface area (Å²) in [4.78, 5) is 37.5. The zero-order valence-corrected chi connectivity index (χ0v) is 17.6. The van der Waals surface area contributed by atoms with Crippen LogP contribution in [0.15, 0.2) is 77.0 Å². The molecular weight excluding hydrogens is 412 g/mol. The van der Waals surface area contributed by atoms with Crippen molar-refractivity contribution in [2.75, 3.05) is 19.0 Å². The summed E-state index contributed by atoms with van der Waals surface area (Å²) in [6.45, 7) is 1.99. The van der Waals surface area contributed by atoms with Crippen molar-refractivity contribution < 1.29 is 28.3 Å². The predicted octanol–water partition coefficient (Wildman–Crippen LogP) is 3.87. The number of hydrogen-bond acceptors (Lipinski definition) is 6. The molecule has 32 heavy (non-hydrogen) atoms. The molecule has 0 bridgehead atoms. The molecule has 0 aliphatic heterocycles. The highest BCUT2D eigenvalue weighted by Gasteiger charge is 2.18. The molecule has 2 aromatic carbocycles. The molecule has 164 valence electrons. The van der Waals surface area contributed by atoms with E-state index in [1.807, 2.05) is 0 Å². The molecule has 2 N–H and O–H groups in total. The molecule has 0 saturated carbocycles. The molecule has 8 heteroatoms. The maximum absolute atomic E-state index is 12.9. The number of nitrogens with one attached hydrogen (secondary N) is 2. The third-order valence-corrected chi connectivity index (χ3v) is 4.33. The SMILES string of the molecule is CCOC(=O)c1ccc(NC(=O)C(=Cc2ccco2)NC(=O)c2ccccc2OC)cc1. The first-order valence-electron chi connectivity index (χ1n) is 9.80. The van der Waals surface area contributed by atoms with Gasteiger partial charge in [0, 0.05) is 11.8 Å². The Morgan fingerprint density at radius 2 is 1.75 bits per heavy atom. The number of furan rings is 1. The first-order chi connectivity index (χ1) is 15.5. The second-order valence-electron chi connectivity index (χ2n) is 6.48. The standard InChI is InChI=1S/C24H22N2O6/c1-3-31-24(29)16-10-12-17(13-11-16)25-23(28)20(15-18-7-6-14-32-18)26-22(27)19-8-4-5-9-21(19)30-2/h4-15H,3H2,1-2H3,(H,25,28)(H,26,27). The number of ether oxygens (including phenoxy) is 2. The third kappa shape index (κ3) is 5.63. The topological polar surface area (TPSA) is 107 Å². The largest absolute Gasteiger partial charge is 0.496 e. The lowest BCUT2D eigenvalue weighted by Gasteiger charge is -2.12. The molecule has 0 fully saturated rings. The molecule has 3 aromatic rings. The van der Waals surface area contributed by atoms with Gasteiger partial charge < -0.3 is 24.5 Å². The lowest BCUT2D eigenvalue weighted by Crippen LogP contribution is -2.31. The molecule has 0 aliphatic rings. The van der Waals surface area contributed by atoms with E-state index in [-0.39, 0.29) is 17.9 Å². The first-order valence-corrected chi connectivity index (χ1v) is 9.80. The fraction of sp³-hybridized carbons (Fsp3) is 0.125. The van der Waals surface area contributed by atoms with Crippen LogP contribution in [-0.4, -0.2) is 31.5 Å². The molecule has 1 heterocycles. The van der Waals surface area contributed by atoms with Gasteiger partial charge in [0.05, 0.1) is 31.1 Å². The van der Waals surface area contributed by atoms with Gasteiger partial charge in [-0.05, 0) is 55.5 Å². The predicted molar refractivity (Wildman–Crippen MR) is 118 cm³/mol. The molecule has 0 atom stereocenters. The van der Waals surface area contributed by atoms with Crippen LogP contribution in [0.25, 0.3) is 6.08 Å². The monoisotopic (exact) mass is 434 g/mol. The van der Waals surface area contributed by atoms with Crippen molar-refractivity contribution in [2.24, 2.45) is 0 Å². The van der Waals surface area contributed by atoms with Gasteiger partial charge in [-0.25, -0.2) is 4.79 Å². The summed E-state index contributed by atoms with van der Waals surface area (Å²) in [5, 5.41) is 5.30. The van der Waals surface area contributed by atoms with Crippen LogP contribution in [0.3, 0.4) is 0 Å². The van der Waals surface area contributed by atoms with Crippen LogP contribution in [0.4, 0.5) is 5.69 Å². The Morgan fingerprint density at radius 3 is 2.41 bits per heavy atom. The quantitative estimate of drug-likeness (QED) is 0.412. The zero-order chi connectivity index (χ0) is 22.9. The number of carbonyl (C=O) groups excluding carboxylic acids is 3. The lowest BCUT2D eigenvalue weighted by molar-refractivity contribution is -0.113. The molecular formula is C24H22N2O6. The van der Waals surface area contributed by atoms with Gasteiger partial charge in [-0.1, -0.05) is 12.1 Å². The van der Waals surface area contributed by atoms with Crippen molar-refractivity contribution >= 4 is 29.5 Å². The van der Waals surface area contributed by atoms with E-state index in [4.69, 9.17) is 13.9 Å². The van der Waals surface area contributed by atoms with Crippen molar-refractivity contribution in [2.45, 2.75) is 6.92 Å². The Hall–Kier alpha value is -4.33. The summed E-state index contributed by atoms with van der Waals surface area (Å²) >= 11 is 0. The second-order valence-corrected chi connectivity index (χ2v) is 6.48. The smallest absolute Gasteiger partial charge is 0.338 e.